The lowest BCUT2D eigenvalue weighted by Gasteiger charge is -2.06. The molecule has 5 heteroatoms. The predicted octanol–water partition coefficient (Wildman–Crippen LogP) is 3.05. The lowest BCUT2D eigenvalue weighted by Crippen LogP contribution is -1.95. The first-order valence-electron chi connectivity index (χ1n) is 7.17. The van der Waals surface area contributed by atoms with Crippen LogP contribution in [0, 0.1) is 0 Å². The fourth-order valence-electron chi connectivity index (χ4n) is 2.20. The van der Waals surface area contributed by atoms with E-state index >= 15 is 0 Å². The highest BCUT2D eigenvalue weighted by molar-refractivity contribution is 5.57. The maximum absolute atomic E-state index is 5.73. The highest BCUT2D eigenvalue weighted by atomic mass is 16.6. The molecular formula is C17H15N3O2. The SMILES string of the molecule is c1ccc(COc2ccc(-c3cnn(C4CO4)c3)nc2)cc1. The summed E-state index contributed by atoms with van der Waals surface area (Å²) in [4.78, 5) is 4.44. The van der Waals surface area contributed by atoms with Gasteiger partial charge in [0.25, 0.3) is 0 Å². The third kappa shape index (κ3) is 2.84. The highest BCUT2D eigenvalue weighted by Crippen LogP contribution is 2.25. The predicted molar refractivity (Wildman–Crippen MR) is 81.2 cm³/mol. The van der Waals surface area contributed by atoms with Gasteiger partial charge in [-0.1, -0.05) is 30.3 Å². The molecule has 1 atom stereocenters. The Hall–Kier alpha value is -2.66. The first kappa shape index (κ1) is 13.0. The first-order valence-corrected chi connectivity index (χ1v) is 7.17. The molecule has 22 heavy (non-hydrogen) atoms. The molecule has 110 valence electrons. The van der Waals surface area contributed by atoms with E-state index in [0.717, 1.165) is 29.2 Å². The summed E-state index contributed by atoms with van der Waals surface area (Å²) in [7, 11) is 0. The van der Waals surface area contributed by atoms with Gasteiger partial charge in [0.2, 0.25) is 0 Å². The number of hydrogen-bond donors (Lipinski definition) is 0. The van der Waals surface area contributed by atoms with Gasteiger partial charge in [0.05, 0.1) is 24.7 Å². The van der Waals surface area contributed by atoms with Crippen molar-refractivity contribution in [2.75, 3.05) is 6.61 Å². The maximum atomic E-state index is 5.73. The van der Waals surface area contributed by atoms with Gasteiger partial charge in [-0.25, -0.2) is 4.68 Å². The number of ether oxygens (including phenoxy) is 2. The molecule has 0 spiro atoms. The summed E-state index contributed by atoms with van der Waals surface area (Å²) in [5.74, 6) is 0.755. The second-order valence-corrected chi connectivity index (χ2v) is 5.15. The quantitative estimate of drug-likeness (QED) is 0.678. The van der Waals surface area contributed by atoms with E-state index in [0.29, 0.717) is 6.61 Å². The van der Waals surface area contributed by atoms with Crippen LogP contribution in [0.5, 0.6) is 5.75 Å². The van der Waals surface area contributed by atoms with Crippen LogP contribution in [-0.2, 0) is 11.3 Å². The van der Waals surface area contributed by atoms with Gasteiger partial charge in [0.1, 0.15) is 12.4 Å². The van der Waals surface area contributed by atoms with Gasteiger partial charge in [-0.2, -0.15) is 5.10 Å². The van der Waals surface area contributed by atoms with Crippen LogP contribution in [0.2, 0.25) is 0 Å². The Morgan fingerprint density at radius 2 is 2.00 bits per heavy atom. The largest absolute Gasteiger partial charge is 0.487 e. The molecule has 1 aromatic carbocycles. The molecule has 5 nitrogen and oxygen atoms in total. The van der Waals surface area contributed by atoms with E-state index in [1.54, 1.807) is 12.4 Å². The maximum Gasteiger partial charge on any atom is 0.173 e. The van der Waals surface area contributed by atoms with Crippen molar-refractivity contribution in [3.8, 4) is 17.0 Å². The second-order valence-electron chi connectivity index (χ2n) is 5.15. The Kier molecular flexibility index (Phi) is 3.33. The summed E-state index contributed by atoms with van der Waals surface area (Å²) < 4.78 is 12.7. The van der Waals surface area contributed by atoms with Crippen molar-refractivity contribution in [3.05, 3.63) is 66.6 Å². The summed E-state index contributed by atoms with van der Waals surface area (Å²) in [6.45, 7) is 1.28. The van der Waals surface area contributed by atoms with Crippen molar-refractivity contribution < 1.29 is 9.47 Å². The van der Waals surface area contributed by atoms with Gasteiger partial charge in [-0.05, 0) is 17.7 Å². The molecule has 1 aliphatic rings. The van der Waals surface area contributed by atoms with Crippen molar-refractivity contribution in [1.82, 2.24) is 14.8 Å². The topological polar surface area (TPSA) is 52.5 Å². The van der Waals surface area contributed by atoms with Gasteiger partial charge in [0, 0.05) is 11.8 Å². The van der Waals surface area contributed by atoms with Crippen LogP contribution in [-0.4, -0.2) is 21.4 Å². The summed E-state index contributed by atoms with van der Waals surface area (Å²) in [5, 5.41) is 4.27. The molecular weight excluding hydrogens is 278 g/mol. The van der Waals surface area contributed by atoms with Crippen molar-refractivity contribution in [1.29, 1.82) is 0 Å². The molecule has 0 amide bonds. The Bertz CT molecular complexity index is 749. The molecule has 2 aromatic heterocycles. The van der Waals surface area contributed by atoms with E-state index in [2.05, 4.69) is 10.1 Å². The third-order valence-electron chi connectivity index (χ3n) is 3.49. The zero-order chi connectivity index (χ0) is 14.8. The van der Waals surface area contributed by atoms with Crippen molar-refractivity contribution >= 4 is 0 Å². The van der Waals surface area contributed by atoms with Gasteiger partial charge in [0.15, 0.2) is 6.23 Å². The third-order valence-corrected chi connectivity index (χ3v) is 3.49. The van der Waals surface area contributed by atoms with Crippen LogP contribution in [0.25, 0.3) is 11.3 Å². The number of epoxide rings is 1. The molecule has 1 aliphatic heterocycles. The average molecular weight is 293 g/mol. The number of nitrogens with zero attached hydrogens (tertiary/aromatic N) is 3. The van der Waals surface area contributed by atoms with Gasteiger partial charge >= 0.3 is 0 Å². The number of rotatable bonds is 5. The van der Waals surface area contributed by atoms with Crippen molar-refractivity contribution in [2.45, 2.75) is 12.8 Å². The number of aromatic nitrogens is 3. The second kappa shape index (κ2) is 5.61. The summed E-state index contributed by atoms with van der Waals surface area (Å²) in [5.41, 5.74) is 2.99. The van der Waals surface area contributed by atoms with E-state index in [1.807, 2.05) is 53.3 Å². The summed E-state index contributed by atoms with van der Waals surface area (Å²) in [6, 6.07) is 13.9. The van der Waals surface area contributed by atoms with Crippen LogP contribution in [0.1, 0.15) is 11.8 Å². The molecule has 1 fully saturated rings. The van der Waals surface area contributed by atoms with Crippen LogP contribution in [0.15, 0.2) is 61.1 Å². The number of pyridine rings is 1. The normalized spacial score (nSPS) is 16.5. The van der Waals surface area contributed by atoms with Crippen LogP contribution in [0.3, 0.4) is 0 Å². The fraction of sp³-hybridized carbons (Fsp3) is 0.176. The van der Waals surface area contributed by atoms with Crippen LogP contribution >= 0.6 is 0 Å². The first-order chi connectivity index (χ1) is 10.9. The van der Waals surface area contributed by atoms with E-state index in [9.17, 15) is 0 Å². The Balaban J connectivity index is 1.43. The minimum atomic E-state index is 0.0993. The number of benzene rings is 1. The van der Waals surface area contributed by atoms with Crippen LogP contribution in [0.4, 0.5) is 0 Å². The molecule has 4 rings (SSSR count). The van der Waals surface area contributed by atoms with Gasteiger partial charge in [-0.3, -0.25) is 4.98 Å². The minimum absolute atomic E-state index is 0.0993. The fourth-order valence-corrected chi connectivity index (χ4v) is 2.20. The van der Waals surface area contributed by atoms with E-state index in [-0.39, 0.29) is 6.23 Å². The molecule has 0 saturated carbocycles. The Morgan fingerprint density at radius 1 is 1.14 bits per heavy atom. The van der Waals surface area contributed by atoms with Gasteiger partial charge in [-0.15, -0.1) is 0 Å². The monoisotopic (exact) mass is 293 g/mol. The Labute approximate surface area is 128 Å². The zero-order valence-electron chi connectivity index (χ0n) is 11.9. The van der Waals surface area contributed by atoms with Crippen molar-refractivity contribution in [3.63, 3.8) is 0 Å². The highest BCUT2D eigenvalue weighted by Gasteiger charge is 2.25. The zero-order valence-corrected chi connectivity index (χ0v) is 11.9. The smallest absolute Gasteiger partial charge is 0.173 e. The molecule has 0 bridgehead atoms. The average Bonchev–Trinajstić information content (AvgIpc) is 3.32. The Morgan fingerprint density at radius 3 is 2.73 bits per heavy atom. The molecule has 0 radical (unpaired) electrons. The molecule has 3 aromatic rings. The lowest BCUT2D eigenvalue weighted by atomic mass is 10.2. The molecule has 1 saturated heterocycles. The molecule has 1 unspecified atom stereocenters. The molecule has 0 N–H and O–H groups in total. The molecule has 3 heterocycles. The van der Waals surface area contributed by atoms with Crippen LogP contribution < -0.4 is 4.74 Å². The van der Waals surface area contributed by atoms with Crippen molar-refractivity contribution in [2.24, 2.45) is 0 Å². The summed E-state index contributed by atoms with van der Waals surface area (Å²) in [6.07, 6.45) is 5.59. The lowest BCUT2D eigenvalue weighted by molar-refractivity contribution is 0.305. The summed E-state index contributed by atoms with van der Waals surface area (Å²) >= 11 is 0. The standard InChI is InChI=1S/C17H15N3O2/c1-2-4-13(5-3-1)11-21-15-6-7-16(18-9-15)14-8-19-20(10-14)17-12-22-17/h1-10,17H,11-12H2. The number of hydrogen-bond acceptors (Lipinski definition) is 4. The van der Waals surface area contributed by atoms with E-state index in [1.165, 1.54) is 0 Å². The van der Waals surface area contributed by atoms with E-state index in [4.69, 9.17) is 9.47 Å². The van der Waals surface area contributed by atoms with E-state index < -0.39 is 0 Å². The molecule has 0 aliphatic carbocycles. The van der Waals surface area contributed by atoms with Gasteiger partial charge < -0.3 is 9.47 Å². The minimum Gasteiger partial charge on any atom is -0.487 e.